The molecule has 0 aromatic rings. The lowest BCUT2D eigenvalue weighted by atomic mass is 10.3. The zero-order valence-electron chi connectivity index (χ0n) is 6.70. The summed E-state index contributed by atoms with van der Waals surface area (Å²) in [5, 5.41) is 2.36. The molecule has 0 spiro atoms. The molecule has 1 nitrogen and oxygen atoms in total. The minimum Gasteiger partial charge on any atom is -0.304 e. The van der Waals surface area contributed by atoms with Crippen LogP contribution < -0.4 is 5.32 Å². The molecule has 0 aliphatic rings. The molecule has 0 saturated heterocycles. The van der Waals surface area contributed by atoms with Gasteiger partial charge in [-0.15, -0.1) is 12.4 Å². The van der Waals surface area contributed by atoms with Crippen molar-refractivity contribution in [2.24, 2.45) is 0 Å². The summed E-state index contributed by atoms with van der Waals surface area (Å²) in [7, 11) is 0. The van der Waals surface area contributed by atoms with Gasteiger partial charge in [-0.2, -0.15) is 13.2 Å². The summed E-state index contributed by atoms with van der Waals surface area (Å²) in [5.74, 6) is 0. The van der Waals surface area contributed by atoms with E-state index in [-0.39, 0.29) is 18.4 Å². The Morgan fingerprint density at radius 1 is 1.09 bits per heavy atom. The maximum Gasteiger partial charge on any atom is 0.403 e. The van der Waals surface area contributed by atoms with Crippen LogP contribution in [0.3, 0.4) is 0 Å². The molecule has 0 aliphatic heterocycles. The fourth-order valence-electron chi connectivity index (χ4n) is 0.594. The van der Waals surface area contributed by atoms with Gasteiger partial charge in [-0.1, -0.05) is 13.8 Å². The van der Waals surface area contributed by atoms with Crippen LogP contribution in [0.15, 0.2) is 0 Å². The van der Waals surface area contributed by atoms with Crippen molar-refractivity contribution < 1.29 is 13.2 Å². The molecule has 0 rings (SSSR count). The Hall–Kier alpha value is 0.0400. The van der Waals surface area contributed by atoms with Gasteiger partial charge in [0.1, 0.15) is 6.04 Å². The summed E-state index contributed by atoms with van der Waals surface area (Å²) < 4.78 is 35.2. The Labute approximate surface area is 70.8 Å². The second-order valence-electron chi connectivity index (χ2n) is 2.58. The Balaban J connectivity index is 0. The van der Waals surface area contributed by atoms with Crippen LogP contribution in [0.1, 0.15) is 20.8 Å². The lowest BCUT2D eigenvalue weighted by Gasteiger charge is -2.19. The molecule has 0 saturated carbocycles. The highest BCUT2D eigenvalue weighted by Crippen LogP contribution is 2.19. The summed E-state index contributed by atoms with van der Waals surface area (Å²) in [6.07, 6.45) is -4.12. The number of nitrogens with one attached hydrogen (secondary N) is 1. The van der Waals surface area contributed by atoms with Crippen molar-refractivity contribution in [1.29, 1.82) is 0 Å². The number of hydrogen-bond donors (Lipinski definition) is 1. The minimum absolute atomic E-state index is 0. The molecule has 0 bridgehead atoms. The molecule has 0 amide bonds. The van der Waals surface area contributed by atoms with Crippen molar-refractivity contribution >= 4 is 12.4 Å². The quantitative estimate of drug-likeness (QED) is 0.707. The normalized spacial score (nSPS) is 14.5. The molecule has 0 fully saturated rings. The van der Waals surface area contributed by atoms with Crippen LogP contribution in [0, 0.1) is 0 Å². The Morgan fingerprint density at radius 3 is 1.55 bits per heavy atom. The first-order chi connectivity index (χ1) is 4.34. The highest BCUT2D eigenvalue weighted by molar-refractivity contribution is 5.85. The van der Waals surface area contributed by atoms with Gasteiger partial charge in [-0.05, 0) is 6.92 Å². The number of alkyl halides is 3. The van der Waals surface area contributed by atoms with Gasteiger partial charge in [0, 0.05) is 6.04 Å². The van der Waals surface area contributed by atoms with Crippen molar-refractivity contribution in [2.45, 2.75) is 39.0 Å². The molecule has 1 N–H and O–H groups in total. The highest BCUT2D eigenvalue weighted by Gasteiger charge is 2.35. The summed E-state index contributed by atoms with van der Waals surface area (Å²) in [4.78, 5) is 0. The second-order valence-corrected chi connectivity index (χ2v) is 2.58. The zero-order valence-corrected chi connectivity index (χ0v) is 7.51. The topological polar surface area (TPSA) is 12.0 Å². The smallest absolute Gasteiger partial charge is 0.304 e. The van der Waals surface area contributed by atoms with Crippen molar-refractivity contribution in [3.63, 3.8) is 0 Å². The van der Waals surface area contributed by atoms with E-state index in [4.69, 9.17) is 0 Å². The molecule has 0 aromatic carbocycles. The van der Waals surface area contributed by atoms with Crippen molar-refractivity contribution in [1.82, 2.24) is 5.32 Å². The zero-order chi connectivity index (χ0) is 8.36. The van der Waals surface area contributed by atoms with Crippen molar-refractivity contribution in [3.8, 4) is 0 Å². The number of hydrogen-bond acceptors (Lipinski definition) is 1. The standard InChI is InChI=1S/C6H12F3N.ClH/c1-4(2)10-5(3)6(7,8)9;/h4-5,10H,1-3H3;1H/t5-;/m1./s1. The van der Waals surface area contributed by atoms with Crippen LogP contribution >= 0.6 is 12.4 Å². The molecular formula is C6H13ClF3N. The molecule has 0 radical (unpaired) electrons. The first-order valence-electron chi connectivity index (χ1n) is 3.17. The minimum atomic E-state index is -4.12. The van der Waals surface area contributed by atoms with E-state index in [2.05, 4.69) is 5.32 Å². The van der Waals surface area contributed by atoms with E-state index < -0.39 is 12.2 Å². The van der Waals surface area contributed by atoms with E-state index in [1.54, 1.807) is 13.8 Å². The molecule has 0 aliphatic carbocycles. The molecule has 70 valence electrons. The summed E-state index contributed by atoms with van der Waals surface area (Å²) in [6, 6.07) is -1.54. The Bertz CT molecular complexity index is 102. The molecular weight excluding hydrogens is 179 g/mol. The van der Waals surface area contributed by atoms with Gasteiger partial charge in [-0.25, -0.2) is 0 Å². The van der Waals surface area contributed by atoms with Crippen molar-refractivity contribution in [2.75, 3.05) is 0 Å². The van der Waals surface area contributed by atoms with Gasteiger partial charge in [0.2, 0.25) is 0 Å². The van der Waals surface area contributed by atoms with Crippen LogP contribution in [0.5, 0.6) is 0 Å². The number of halogens is 4. The summed E-state index contributed by atoms with van der Waals surface area (Å²) >= 11 is 0. The van der Waals surface area contributed by atoms with Crippen LogP contribution in [0.4, 0.5) is 13.2 Å². The third kappa shape index (κ3) is 6.44. The molecule has 0 unspecified atom stereocenters. The fraction of sp³-hybridized carbons (Fsp3) is 1.00. The predicted octanol–water partition coefficient (Wildman–Crippen LogP) is 2.36. The summed E-state index contributed by atoms with van der Waals surface area (Å²) in [5.41, 5.74) is 0. The first-order valence-corrected chi connectivity index (χ1v) is 3.17. The monoisotopic (exact) mass is 191 g/mol. The van der Waals surface area contributed by atoms with Gasteiger partial charge < -0.3 is 5.32 Å². The maximum absolute atomic E-state index is 11.7. The predicted molar refractivity (Wildman–Crippen MR) is 41.0 cm³/mol. The van der Waals surface area contributed by atoms with E-state index >= 15 is 0 Å². The van der Waals surface area contributed by atoms with E-state index in [9.17, 15) is 13.2 Å². The van der Waals surface area contributed by atoms with E-state index in [0.29, 0.717) is 0 Å². The Morgan fingerprint density at radius 2 is 1.45 bits per heavy atom. The third-order valence-corrected chi connectivity index (χ3v) is 1.07. The lowest BCUT2D eigenvalue weighted by molar-refractivity contribution is -0.152. The van der Waals surface area contributed by atoms with Crippen molar-refractivity contribution in [3.05, 3.63) is 0 Å². The van der Waals surface area contributed by atoms with Crippen LogP contribution in [0.2, 0.25) is 0 Å². The molecule has 0 heterocycles. The third-order valence-electron chi connectivity index (χ3n) is 1.07. The van der Waals surface area contributed by atoms with E-state index in [0.717, 1.165) is 6.92 Å². The largest absolute Gasteiger partial charge is 0.403 e. The molecule has 5 heteroatoms. The Kier molecular flexibility index (Phi) is 5.97. The van der Waals surface area contributed by atoms with E-state index in [1.807, 2.05) is 0 Å². The highest BCUT2D eigenvalue weighted by atomic mass is 35.5. The average molecular weight is 192 g/mol. The van der Waals surface area contributed by atoms with Gasteiger partial charge in [0.25, 0.3) is 0 Å². The molecule has 11 heavy (non-hydrogen) atoms. The maximum atomic E-state index is 11.7. The van der Waals surface area contributed by atoms with Gasteiger partial charge in [-0.3, -0.25) is 0 Å². The number of rotatable bonds is 2. The lowest BCUT2D eigenvalue weighted by Crippen LogP contribution is -2.43. The fourth-order valence-corrected chi connectivity index (χ4v) is 0.594. The molecule has 1 atom stereocenters. The van der Waals surface area contributed by atoms with Crippen LogP contribution in [-0.4, -0.2) is 18.3 Å². The van der Waals surface area contributed by atoms with Crippen LogP contribution in [0.25, 0.3) is 0 Å². The van der Waals surface area contributed by atoms with Gasteiger partial charge >= 0.3 is 6.18 Å². The first kappa shape index (κ1) is 13.6. The van der Waals surface area contributed by atoms with Crippen LogP contribution in [-0.2, 0) is 0 Å². The molecule has 0 aromatic heterocycles. The summed E-state index contributed by atoms with van der Waals surface area (Å²) in [6.45, 7) is 4.48. The van der Waals surface area contributed by atoms with Gasteiger partial charge in [0.05, 0.1) is 0 Å². The van der Waals surface area contributed by atoms with E-state index in [1.165, 1.54) is 0 Å². The average Bonchev–Trinajstić information content (AvgIpc) is 1.60. The van der Waals surface area contributed by atoms with Gasteiger partial charge in [0.15, 0.2) is 0 Å². The second kappa shape index (κ2) is 4.83. The SMILES string of the molecule is CC(C)N[C@H](C)C(F)(F)F.Cl.